The number of aryl methyl sites for hydroxylation is 3. The monoisotopic (exact) mass is 291 g/mol. The van der Waals surface area contributed by atoms with Crippen LogP contribution in [0.1, 0.15) is 30.0 Å². The Morgan fingerprint density at radius 1 is 1.33 bits per heavy atom. The maximum atomic E-state index is 12.7. The van der Waals surface area contributed by atoms with Crippen molar-refractivity contribution in [2.24, 2.45) is 0 Å². The maximum absolute atomic E-state index is 12.7. The van der Waals surface area contributed by atoms with Crippen LogP contribution in [0.15, 0.2) is 12.1 Å². The molecule has 0 spiro atoms. The van der Waals surface area contributed by atoms with Gasteiger partial charge in [0.2, 0.25) is 0 Å². The average Bonchev–Trinajstić information content (AvgIpc) is 2.45. The standard InChI is InChI=1S/C17H25NO3/c1-12-10-13(2)16-15(11-12)6-5-7-18(16)17(19)14(3)21-9-8-20-4/h10-11,14H,5-9H2,1-4H3/t14-/m0/s1. The van der Waals surface area contributed by atoms with Gasteiger partial charge in [0.25, 0.3) is 5.91 Å². The van der Waals surface area contributed by atoms with Crippen molar-refractivity contribution >= 4 is 11.6 Å². The van der Waals surface area contributed by atoms with Crippen molar-refractivity contribution in [3.8, 4) is 0 Å². The minimum absolute atomic E-state index is 0.0407. The smallest absolute Gasteiger partial charge is 0.255 e. The van der Waals surface area contributed by atoms with Crippen LogP contribution in [0, 0.1) is 13.8 Å². The van der Waals surface area contributed by atoms with E-state index in [9.17, 15) is 4.79 Å². The molecular weight excluding hydrogens is 266 g/mol. The summed E-state index contributed by atoms with van der Waals surface area (Å²) in [4.78, 5) is 14.5. The Balaban J connectivity index is 2.17. The number of nitrogens with zero attached hydrogens (tertiary/aromatic N) is 1. The third-order valence-corrected chi connectivity index (χ3v) is 3.89. The minimum atomic E-state index is -0.438. The summed E-state index contributed by atoms with van der Waals surface area (Å²) in [5.41, 5.74) is 4.78. The van der Waals surface area contributed by atoms with Crippen LogP contribution < -0.4 is 4.90 Å². The van der Waals surface area contributed by atoms with E-state index in [0.717, 1.165) is 25.1 Å². The Hall–Kier alpha value is -1.39. The Morgan fingerprint density at radius 2 is 2.10 bits per heavy atom. The summed E-state index contributed by atoms with van der Waals surface area (Å²) in [7, 11) is 1.63. The molecule has 0 bridgehead atoms. The van der Waals surface area contributed by atoms with E-state index < -0.39 is 6.10 Å². The SMILES string of the molecule is COCCO[C@@H](C)C(=O)N1CCCc2cc(C)cc(C)c21. The van der Waals surface area contributed by atoms with Gasteiger partial charge in [-0.15, -0.1) is 0 Å². The van der Waals surface area contributed by atoms with E-state index in [-0.39, 0.29) is 5.91 Å². The fourth-order valence-electron chi connectivity index (χ4n) is 2.98. The van der Waals surface area contributed by atoms with Gasteiger partial charge < -0.3 is 14.4 Å². The molecule has 0 saturated carbocycles. The van der Waals surface area contributed by atoms with Gasteiger partial charge >= 0.3 is 0 Å². The number of hydrogen-bond donors (Lipinski definition) is 0. The molecule has 21 heavy (non-hydrogen) atoms. The molecule has 0 N–H and O–H groups in total. The molecule has 4 heteroatoms. The number of rotatable bonds is 5. The van der Waals surface area contributed by atoms with Crippen molar-refractivity contribution in [3.05, 3.63) is 28.8 Å². The fraction of sp³-hybridized carbons (Fsp3) is 0.588. The first-order valence-corrected chi connectivity index (χ1v) is 7.56. The normalized spacial score (nSPS) is 15.7. The van der Waals surface area contributed by atoms with Crippen molar-refractivity contribution in [1.29, 1.82) is 0 Å². The van der Waals surface area contributed by atoms with Crippen molar-refractivity contribution in [1.82, 2.24) is 0 Å². The second kappa shape index (κ2) is 7.05. The summed E-state index contributed by atoms with van der Waals surface area (Å²) < 4.78 is 10.5. The highest BCUT2D eigenvalue weighted by molar-refractivity contribution is 5.98. The van der Waals surface area contributed by atoms with Crippen LogP contribution in [0.2, 0.25) is 0 Å². The molecule has 0 fully saturated rings. The van der Waals surface area contributed by atoms with Gasteiger partial charge in [0.15, 0.2) is 0 Å². The van der Waals surface area contributed by atoms with Gasteiger partial charge in [0.1, 0.15) is 6.10 Å². The third kappa shape index (κ3) is 3.63. The predicted octanol–water partition coefficient (Wildman–Crippen LogP) is 2.63. The molecule has 1 aliphatic heterocycles. The van der Waals surface area contributed by atoms with Crippen LogP contribution in [0.25, 0.3) is 0 Å². The number of hydrogen-bond acceptors (Lipinski definition) is 3. The van der Waals surface area contributed by atoms with Crippen LogP contribution >= 0.6 is 0 Å². The second-order valence-electron chi connectivity index (χ2n) is 5.69. The number of carbonyl (C=O) groups excluding carboxylic acids is 1. The molecule has 0 aliphatic carbocycles. The quantitative estimate of drug-likeness (QED) is 0.783. The summed E-state index contributed by atoms with van der Waals surface area (Å²) in [6.07, 6.45) is 1.61. The lowest BCUT2D eigenvalue weighted by molar-refractivity contribution is -0.129. The third-order valence-electron chi connectivity index (χ3n) is 3.89. The number of methoxy groups -OCH3 is 1. The fourth-order valence-corrected chi connectivity index (χ4v) is 2.98. The van der Waals surface area contributed by atoms with E-state index >= 15 is 0 Å². The molecule has 0 saturated heterocycles. The molecule has 1 aliphatic rings. The maximum Gasteiger partial charge on any atom is 0.255 e. The lowest BCUT2D eigenvalue weighted by Crippen LogP contribution is -2.42. The molecule has 1 aromatic carbocycles. The summed E-state index contributed by atoms with van der Waals surface area (Å²) in [6.45, 7) is 7.71. The zero-order valence-corrected chi connectivity index (χ0v) is 13.4. The molecule has 116 valence electrons. The summed E-state index contributed by atoms with van der Waals surface area (Å²) in [5.74, 6) is 0.0407. The molecule has 0 unspecified atom stereocenters. The number of ether oxygens (including phenoxy) is 2. The van der Waals surface area contributed by atoms with Gasteiger partial charge in [-0.05, 0) is 44.7 Å². The van der Waals surface area contributed by atoms with Crippen molar-refractivity contribution in [3.63, 3.8) is 0 Å². The van der Waals surface area contributed by atoms with Crippen molar-refractivity contribution in [2.75, 3.05) is 31.8 Å². The van der Waals surface area contributed by atoms with Crippen LogP contribution in [-0.4, -0.2) is 38.9 Å². The van der Waals surface area contributed by atoms with Gasteiger partial charge in [-0.2, -0.15) is 0 Å². The largest absolute Gasteiger partial charge is 0.382 e. The lowest BCUT2D eigenvalue weighted by Gasteiger charge is -2.33. The van der Waals surface area contributed by atoms with E-state index in [1.54, 1.807) is 7.11 Å². The van der Waals surface area contributed by atoms with E-state index in [0.29, 0.717) is 13.2 Å². The van der Waals surface area contributed by atoms with Gasteiger partial charge in [0, 0.05) is 19.3 Å². The Labute approximate surface area is 127 Å². The molecule has 0 radical (unpaired) electrons. The molecule has 1 amide bonds. The van der Waals surface area contributed by atoms with E-state index in [4.69, 9.17) is 9.47 Å². The molecular formula is C17H25NO3. The minimum Gasteiger partial charge on any atom is -0.382 e. The first kappa shape index (κ1) is 16.0. The molecule has 1 heterocycles. The highest BCUT2D eigenvalue weighted by Gasteiger charge is 2.28. The van der Waals surface area contributed by atoms with E-state index in [2.05, 4.69) is 26.0 Å². The lowest BCUT2D eigenvalue weighted by atomic mass is 9.95. The van der Waals surface area contributed by atoms with Crippen molar-refractivity contribution < 1.29 is 14.3 Å². The highest BCUT2D eigenvalue weighted by atomic mass is 16.5. The number of amides is 1. The average molecular weight is 291 g/mol. The van der Waals surface area contributed by atoms with Gasteiger partial charge in [-0.3, -0.25) is 4.79 Å². The molecule has 0 aromatic heterocycles. The van der Waals surface area contributed by atoms with Crippen LogP contribution in [-0.2, 0) is 20.7 Å². The van der Waals surface area contributed by atoms with Crippen LogP contribution in [0.4, 0.5) is 5.69 Å². The van der Waals surface area contributed by atoms with E-state index in [1.807, 2.05) is 11.8 Å². The number of fused-ring (bicyclic) bond motifs is 1. The molecule has 1 aromatic rings. The van der Waals surface area contributed by atoms with Crippen LogP contribution in [0.3, 0.4) is 0 Å². The molecule has 1 atom stereocenters. The number of anilines is 1. The summed E-state index contributed by atoms with van der Waals surface area (Å²) >= 11 is 0. The first-order valence-electron chi connectivity index (χ1n) is 7.56. The van der Waals surface area contributed by atoms with Crippen LogP contribution in [0.5, 0.6) is 0 Å². The van der Waals surface area contributed by atoms with Gasteiger partial charge in [-0.1, -0.05) is 17.7 Å². The predicted molar refractivity (Wildman–Crippen MR) is 83.9 cm³/mol. The van der Waals surface area contributed by atoms with Gasteiger partial charge in [-0.25, -0.2) is 0 Å². The summed E-state index contributed by atoms with van der Waals surface area (Å²) in [5, 5.41) is 0. The van der Waals surface area contributed by atoms with E-state index in [1.165, 1.54) is 16.7 Å². The number of benzene rings is 1. The molecule has 2 rings (SSSR count). The topological polar surface area (TPSA) is 38.8 Å². The van der Waals surface area contributed by atoms with Gasteiger partial charge in [0.05, 0.1) is 13.2 Å². The summed E-state index contributed by atoms with van der Waals surface area (Å²) in [6, 6.07) is 4.33. The first-order chi connectivity index (χ1) is 10.0. The zero-order valence-electron chi connectivity index (χ0n) is 13.4. The molecule has 4 nitrogen and oxygen atoms in total. The number of carbonyl (C=O) groups is 1. The van der Waals surface area contributed by atoms with Crippen molar-refractivity contribution in [2.45, 2.75) is 39.7 Å². The zero-order chi connectivity index (χ0) is 15.4. The highest BCUT2D eigenvalue weighted by Crippen LogP contribution is 2.32. The Morgan fingerprint density at radius 3 is 2.81 bits per heavy atom. The Kier molecular flexibility index (Phi) is 5.37. The second-order valence-corrected chi connectivity index (χ2v) is 5.69. The Bertz CT molecular complexity index is 513.